The van der Waals surface area contributed by atoms with Crippen LogP contribution < -0.4 is 5.32 Å². The minimum Gasteiger partial charge on any atom is -0.354 e. The molecule has 0 aliphatic carbocycles. The molecule has 1 N–H and O–H groups in total. The van der Waals surface area contributed by atoms with Gasteiger partial charge in [0.1, 0.15) is 6.33 Å². The number of aromatic nitrogens is 2. The third-order valence-electron chi connectivity index (χ3n) is 3.49. The molecule has 0 saturated carbocycles. The zero-order valence-corrected chi connectivity index (χ0v) is 12.3. The van der Waals surface area contributed by atoms with Crippen LogP contribution >= 0.6 is 11.6 Å². The molecule has 0 saturated heterocycles. The fourth-order valence-corrected chi connectivity index (χ4v) is 2.60. The summed E-state index contributed by atoms with van der Waals surface area (Å²) in [6.45, 7) is 0.299. The van der Waals surface area contributed by atoms with E-state index in [2.05, 4.69) is 10.3 Å². The van der Waals surface area contributed by atoms with Gasteiger partial charge < -0.3 is 10.2 Å². The van der Waals surface area contributed by atoms with Gasteiger partial charge in [0, 0.05) is 19.1 Å². The van der Waals surface area contributed by atoms with Crippen LogP contribution in [0.2, 0.25) is 5.02 Å². The lowest BCUT2D eigenvalue weighted by Gasteiger charge is -2.14. The maximum absolute atomic E-state index is 12.4. The number of amides is 2. The van der Waals surface area contributed by atoms with Crippen molar-refractivity contribution in [2.45, 2.75) is 6.54 Å². The first-order valence-corrected chi connectivity index (χ1v) is 6.74. The van der Waals surface area contributed by atoms with E-state index in [9.17, 15) is 9.59 Å². The molecule has 0 spiro atoms. The van der Waals surface area contributed by atoms with Gasteiger partial charge in [0.15, 0.2) is 5.69 Å². The second-order valence-corrected chi connectivity index (χ2v) is 5.25. The molecular formula is C14H13ClN4O2. The maximum atomic E-state index is 12.4. The number of nitrogens with one attached hydrogen (secondary N) is 1. The van der Waals surface area contributed by atoms with E-state index in [1.807, 2.05) is 0 Å². The lowest BCUT2D eigenvalue weighted by molar-refractivity contribution is 0.0785. The number of benzene rings is 1. The molecule has 0 radical (unpaired) electrons. The van der Waals surface area contributed by atoms with Gasteiger partial charge in [-0.3, -0.25) is 14.2 Å². The molecule has 2 amide bonds. The highest BCUT2D eigenvalue weighted by Gasteiger charge is 2.28. The predicted octanol–water partition coefficient (Wildman–Crippen LogP) is 1.47. The van der Waals surface area contributed by atoms with Crippen molar-refractivity contribution in [2.24, 2.45) is 0 Å². The average Bonchev–Trinajstić information content (AvgIpc) is 2.85. The Morgan fingerprint density at radius 1 is 1.43 bits per heavy atom. The van der Waals surface area contributed by atoms with E-state index in [1.165, 1.54) is 0 Å². The summed E-state index contributed by atoms with van der Waals surface area (Å²) in [6, 6.07) is 5.10. The molecule has 0 atom stereocenters. The van der Waals surface area contributed by atoms with Crippen molar-refractivity contribution in [1.82, 2.24) is 19.8 Å². The van der Waals surface area contributed by atoms with Crippen molar-refractivity contribution in [2.75, 3.05) is 14.1 Å². The van der Waals surface area contributed by atoms with E-state index in [4.69, 9.17) is 11.6 Å². The zero-order valence-electron chi connectivity index (χ0n) is 11.6. The number of carbonyl (C=O) groups is 2. The molecule has 21 heavy (non-hydrogen) atoms. The molecule has 1 aliphatic heterocycles. The molecule has 1 aromatic heterocycles. The van der Waals surface area contributed by atoms with Crippen LogP contribution in [0.4, 0.5) is 0 Å². The van der Waals surface area contributed by atoms with Crippen LogP contribution in [0.1, 0.15) is 26.5 Å². The Kier molecular flexibility index (Phi) is 3.17. The second kappa shape index (κ2) is 4.89. The number of rotatable bonds is 1. The van der Waals surface area contributed by atoms with E-state index < -0.39 is 0 Å². The van der Waals surface area contributed by atoms with E-state index >= 15 is 0 Å². The summed E-state index contributed by atoms with van der Waals surface area (Å²) in [5.74, 6) is -0.416. The summed E-state index contributed by atoms with van der Waals surface area (Å²) in [6.07, 6.45) is 1.55. The third-order valence-corrected chi connectivity index (χ3v) is 3.73. The Balaban J connectivity index is 2.27. The topological polar surface area (TPSA) is 67.2 Å². The number of halogens is 1. The van der Waals surface area contributed by atoms with Crippen molar-refractivity contribution in [1.29, 1.82) is 0 Å². The van der Waals surface area contributed by atoms with E-state index in [1.54, 1.807) is 48.1 Å². The summed E-state index contributed by atoms with van der Waals surface area (Å²) >= 11 is 5.99. The molecule has 7 heteroatoms. The highest BCUT2D eigenvalue weighted by molar-refractivity contribution is 6.31. The van der Waals surface area contributed by atoms with Crippen molar-refractivity contribution >= 4 is 23.4 Å². The molecule has 3 rings (SSSR count). The number of nitrogens with zero attached hydrogens (tertiary/aromatic N) is 3. The van der Waals surface area contributed by atoms with E-state index in [0.717, 1.165) is 0 Å². The number of hydrogen-bond donors (Lipinski definition) is 1. The Morgan fingerprint density at radius 2 is 2.19 bits per heavy atom. The van der Waals surface area contributed by atoms with Crippen LogP contribution in [0.25, 0.3) is 5.69 Å². The van der Waals surface area contributed by atoms with Crippen molar-refractivity contribution < 1.29 is 9.59 Å². The monoisotopic (exact) mass is 304 g/mol. The van der Waals surface area contributed by atoms with Gasteiger partial charge in [-0.1, -0.05) is 11.6 Å². The quantitative estimate of drug-likeness (QED) is 0.867. The molecular weight excluding hydrogens is 292 g/mol. The number of imidazole rings is 1. The summed E-state index contributed by atoms with van der Waals surface area (Å²) < 4.78 is 1.76. The van der Waals surface area contributed by atoms with Gasteiger partial charge in [-0.2, -0.15) is 0 Å². The average molecular weight is 305 g/mol. The summed E-state index contributed by atoms with van der Waals surface area (Å²) in [4.78, 5) is 30.1. The lowest BCUT2D eigenvalue weighted by atomic mass is 10.1. The van der Waals surface area contributed by atoms with Gasteiger partial charge in [-0.25, -0.2) is 4.98 Å². The maximum Gasteiger partial charge on any atom is 0.271 e. The van der Waals surface area contributed by atoms with Gasteiger partial charge >= 0.3 is 0 Å². The normalized spacial score (nSPS) is 13.5. The predicted molar refractivity (Wildman–Crippen MR) is 77.8 cm³/mol. The van der Waals surface area contributed by atoms with E-state index in [0.29, 0.717) is 34.2 Å². The Hall–Kier alpha value is -2.34. The van der Waals surface area contributed by atoms with Crippen LogP contribution in [-0.4, -0.2) is 40.4 Å². The zero-order chi connectivity index (χ0) is 15.1. The van der Waals surface area contributed by atoms with Crippen molar-refractivity contribution in [3.63, 3.8) is 0 Å². The molecule has 1 aliphatic rings. The molecule has 0 fully saturated rings. The fourth-order valence-electron chi connectivity index (χ4n) is 2.43. The first kappa shape index (κ1) is 13.6. The van der Waals surface area contributed by atoms with Gasteiger partial charge in [0.05, 0.1) is 23.5 Å². The molecule has 2 aromatic rings. The molecule has 6 nitrogen and oxygen atoms in total. The molecule has 2 heterocycles. The molecule has 108 valence electrons. The summed E-state index contributed by atoms with van der Waals surface area (Å²) in [7, 11) is 3.23. The molecule has 0 unspecified atom stereocenters. The largest absolute Gasteiger partial charge is 0.354 e. The van der Waals surface area contributed by atoms with E-state index in [-0.39, 0.29) is 11.8 Å². The SMILES string of the molecule is CNC(=O)c1ncn2c1CN(C)C(=O)c1cc(Cl)ccc1-2. The minimum absolute atomic E-state index is 0.140. The van der Waals surface area contributed by atoms with Crippen LogP contribution in [0.5, 0.6) is 0 Å². The van der Waals surface area contributed by atoms with Crippen LogP contribution in [-0.2, 0) is 6.54 Å². The molecule has 0 bridgehead atoms. The fraction of sp³-hybridized carbons (Fsp3) is 0.214. The standard InChI is InChI=1S/C14H13ClN4O2/c1-16-13(20)12-11-6-18(2)14(21)9-5-8(15)3-4-10(9)19(11)7-17-12/h3-5,7H,6H2,1-2H3,(H,16,20). The Bertz CT molecular complexity index is 753. The molecule has 1 aromatic carbocycles. The Labute approximate surface area is 126 Å². The van der Waals surface area contributed by atoms with Gasteiger partial charge in [-0.15, -0.1) is 0 Å². The highest BCUT2D eigenvalue weighted by atomic mass is 35.5. The number of hydrogen-bond acceptors (Lipinski definition) is 3. The van der Waals surface area contributed by atoms with Gasteiger partial charge in [0.25, 0.3) is 11.8 Å². The highest BCUT2D eigenvalue weighted by Crippen LogP contribution is 2.27. The van der Waals surface area contributed by atoms with Crippen molar-refractivity contribution in [3.05, 3.63) is 46.5 Å². The smallest absolute Gasteiger partial charge is 0.271 e. The van der Waals surface area contributed by atoms with Gasteiger partial charge in [-0.05, 0) is 18.2 Å². The first-order valence-electron chi connectivity index (χ1n) is 6.36. The number of fused-ring (bicyclic) bond motifs is 3. The summed E-state index contributed by atoms with van der Waals surface area (Å²) in [5.41, 5.74) is 2.15. The Morgan fingerprint density at radius 3 is 2.90 bits per heavy atom. The van der Waals surface area contributed by atoms with Crippen LogP contribution in [0.3, 0.4) is 0 Å². The summed E-state index contributed by atoms with van der Waals surface area (Å²) in [5, 5.41) is 3.05. The van der Waals surface area contributed by atoms with Crippen LogP contribution in [0, 0.1) is 0 Å². The van der Waals surface area contributed by atoms with Gasteiger partial charge in [0.2, 0.25) is 0 Å². The lowest BCUT2D eigenvalue weighted by Crippen LogP contribution is -2.27. The van der Waals surface area contributed by atoms with Crippen molar-refractivity contribution in [3.8, 4) is 5.69 Å². The number of carbonyl (C=O) groups excluding carboxylic acids is 2. The van der Waals surface area contributed by atoms with Crippen LogP contribution in [0.15, 0.2) is 24.5 Å². The first-order chi connectivity index (χ1) is 10.0. The third kappa shape index (κ3) is 2.08. The minimum atomic E-state index is -0.276. The second-order valence-electron chi connectivity index (χ2n) is 4.81.